The molecule has 0 aliphatic heterocycles. The largest absolute Gasteiger partial charge is 0.281 e. The Labute approximate surface area is 132 Å². The van der Waals surface area contributed by atoms with Gasteiger partial charge in [-0.25, -0.2) is 5.43 Å². The summed E-state index contributed by atoms with van der Waals surface area (Å²) in [7, 11) is 0. The molecule has 2 rings (SSSR count). The van der Waals surface area contributed by atoms with Gasteiger partial charge in [0.15, 0.2) is 0 Å². The maximum absolute atomic E-state index is 11.7. The van der Waals surface area contributed by atoms with Crippen molar-refractivity contribution in [3.63, 3.8) is 0 Å². The summed E-state index contributed by atoms with van der Waals surface area (Å²) in [5.41, 5.74) is 4.02. The van der Waals surface area contributed by atoms with Crippen LogP contribution >= 0.6 is 22.9 Å². The predicted octanol–water partition coefficient (Wildman–Crippen LogP) is 3.47. The number of rotatable bonds is 6. The van der Waals surface area contributed by atoms with Crippen molar-refractivity contribution in [2.24, 2.45) is 5.10 Å². The van der Waals surface area contributed by atoms with Crippen molar-refractivity contribution in [2.75, 3.05) is 0 Å². The third-order valence-corrected chi connectivity index (χ3v) is 4.20. The SMILES string of the molecule is CCCCn1nc(C)c(/C=N\NC(=O)c2cccs2)c1Cl. The highest BCUT2D eigenvalue weighted by Gasteiger charge is 2.11. The number of aromatic nitrogens is 2. The number of carbonyl (C=O) groups is 1. The lowest BCUT2D eigenvalue weighted by molar-refractivity contribution is 0.0959. The molecule has 0 radical (unpaired) electrons. The van der Waals surface area contributed by atoms with Gasteiger partial charge >= 0.3 is 0 Å². The zero-order chi connectivity index (χ0) is 15.2. The molecule has 112 valence electrons. The first-order valence-electron chi connectivity index (χ1n) is 6.73. The lowest BCUT2D eigenvalue weighted by atomic mass is 10.3. The number of unbranched alkanes of at least 4 members (excludes halogenated alkanes) is 1. The van der Waals surface area contributed by atoms with Crippen molar-refractivity contribution in [3.8, 4) is 0 Å². The first kappa shape index (κ1) is 15.7. The summed E-state index contributed by atoms with van der Waals surface area (Å²) in [6.07, 6.45) is 3.64. The number of thiophene rings is 1. The van der Waals surface area contributed by atoms with Crippen LogP contribution in [0.1, 0.15) is 40.7 Å². The summed E-state index contributed by atoms with van der Waals surface area (Å²) >= 11 is 7.65. The summed E-state index contributed by atoms with van der Waals surface area (Å²) < 4.78 is 1.77. The van der Waals surface area contributed by atoms with Gasteiger partial charge in [0.05, 0.1) is 22.3 Å². The fraction of sp³-hybridized carbons (Fsp3) is 0.357. The van der Waals surface area contributed by atoms with Gasteiger partial charge in [0.25, 0.3) is 5.91 Å². The fourth-order valence-electron chi connectivity index (χ4n) is 1.79. The highest BCUT2D eigenvalue weighted by Crippen LogP contribution is 2.18. The lowest BCUT2D eigenvalue weighted by Gasteiger charge is -2.00. The van der Waals surface area contributed by atoms with Crippen LogP contribution in [0.2, 0.25) is 5.15 Å². The molecule has 0 spiro atoms. The summed E-state index contributed by atoms with van der Waals surface area (Å²) in [4.78, 5) is 12.4. The van der Waals surface area contributed by atoms with Gasteiger partial charge in [-0.2, -0.15) is 10.2 Å². The van der Waals surface area contributed by atoms with Crippen molar-refractivity contribution in [1.29, 1.82) is 0 Å². The van der Waals surface area contributed by atoms with Crippen LogP contribution in [0.3, 0.4) is 0 Å². The van der Waals surface area contributed by atoms with Gasteiger partial charge in [-0.15, -0.1) is 11.3 Å². The second-order valence-electron chi connectivity index (χ2n) is 4.54. The summed E-state index contributed by atoms with van der Waals surface area (Å²) in [5.74, 6) is -0.228. The molecule has 0 aliphatic carbocycles. The molecule has 7 heteroatoms. The molecule has 1 N–H and O–H groups in total. The molecule has 2 heterocycles. The zero-order valence-corrected chi connectivity index (χ0v) is 13.5. The van der Waals surface area contributed by atoms with Crippen molar-refractivity contribution in [1.82, 2.24) is 15.2 Å². The Kier molecular flexibility index (Phi) is 5.52. The Hall–Kier alpha value is -1.66. The van der Waals surface area contributed by atoms with E-state index >= 15 is 0 Å². The molecule has 5 nitrogen and oxygen atoms in total. The Bertz CT molecular complexity index is 634. The van der Waals surface area contributed by atoms with Crippen LogP contribution in [0.25, 0.3) is 0 Å². The van der Waals surface area contributed by atoms with E-state index in [-0.39, 0.29) is 5.91 Å². The third-order valence-electron chi connectivity index (χ3n) is 2.94. The first-order chi connectivity index (χ1) is 10.1. The van der Waals surface area contributed by atoms with Gasteiger partial charge in [-0.1, -0.05) is 31.0 Å². The van der Waals surface area contributed by atoms with Crippen molar-refractivity contribution < 1.29 is 4.79 Å². The molecule has 0 saturated carbocycles. The molecule has 1 amide bonds. The van der Waals surface area contributed by atoms with Crippen LogP contribution in [0.15, 0.2) is 22.6 Å². The standard InChI is InChI=1S/C14H17ClN4OS/c1-3-4-7-19-13(15)11(10(2)18-19)9-16-17-14(20)12-6-5-8-21-12/h5-6,8-9H,3-4,7H2,1-2H3,(H,17,20)/b16-9-. The van der Waals surface area contributed by atoms with E-state index in [1.165, 1.54) is 11.3 Å². The molecule has 0 fully saturated rings. The van der Waals surface area contributed by atoms with Gasteiger partial charge in [0.2, 0.25) is 0 Å². The maximum atomic E-state index is 11.7. The summed E-state index contributed by atoms with van der Waals surface area (Å²) in [6, 6.07) is 3.57. The minimum absolute atomic E-state index is 0.228. The smallest absolute Gasteiger partial charge is 0.266 e. The fourth-order valence-corrected chi connectivity index (χ4v) is 2.71. The van der Waals surface area contributed by atoms with Crippen LogP contribution in [-0.4, -0.2) is 21.9 Å². The van der Waals surface area contributed by atoms with E-state index in [0.29, 0.717) is 10.0 Å². The zero-order valence-electron chi connectivity index (χ0n) is 12.0. The molecule has 0 unspecified atom stereocenters. The average Bonchev–Trinajstić information content (AvgIpc) is 3.08. The first-order valence-corrected chi connectivity index (χ1v) is 7.99. The highest BCUT2D eigenvalue weighted by molar-refractivity contribution is 7.12. The Balaban J connectivity index is 2.03. The van der Waals surface area contributed by atoms with E-state index in [1.54, 1.807) is 17.0 Å². The summed E-state index contributed by atoms with van der Waals surface area (Å²) in [6.45, 7) is 4.77. The number of nitrogens with one attached hydrogen (secondary N) is 1. The molecular formula is C14H17ClN4OS. The van der Waals surface area contributed by atoms with E-state index in [0.717, 1.165) is 30.6 Å². The van der Waals surface area contributed by atoms with Crippen LogP contribution in [0.5, 0.6) is 0 Å². The molecule has 21 heavy (non-hydrogen) atoms. The number of carbonyl (C=O) groups excluding carboxylic acids is 1. The van der Waals surface area contributed by atoms with Gasteiger partial charge < -0.3 is 0 Å². The molecule has 0 aromatic carbocycles. The second kappa shape index (κ2) is 7.38. The van der Waals surface area contributed by atoms with Crippen LogP contribution in [-0.2, 0) is 6.54 Å². The number of hydrazone groups is 1. The van der Waals surface area contributed by atoms with Gasteiger partial charge in [0, 0.05) is 6.54 Å². The van der Waals surface area contributed by atoms with Crippen molar-refractivity contribution in [2.45, 2.75) is 33.2 Å². The van der Waals surface area contributed by atoms with Gasteiger partial charge in [-0.3, -0.25) is 9.48 Å². The van der Waals surface area contributed by atoms with Crippen LogP contribution in [0, 0.1) is 6.92 Å². The van der Waals surface area contributed by atoms with Crippen LogP contribution < -0.4 is 5.43 Å². The van der Waals surface area contributed by atoms with Gasteiger partial charge in [0.1, 0.15) is 5.15 Å². The van der Waals surface area contributed by atoms with E-state index in [9.17, 15) is 4.79 Å². The number of aryl methyl sites for hydroxylation is 2. The Morgan fingerprint density at radius 2 is 2.43 bits per heavy atom. The molecule has 2 aromatic heterocycles. The molecular weight excluding hydrogens is 308 g/mol. The topological polar surface area (TPSA) is 59.3 Å². The van der Waals surface area contributed by atoms with Crippen LogP contribution in [0.4, 0.5) is 0 Å². The quantitative estimate of drug-likeness (QED) is 0.653. The third kappa shape index (κ3) is 3.92. The normalized spacial score (nSPS) is 11.2. The summed E-state index contributed by atoms with van der Waals surface area (Å²) in [5, 5.41) is 10.7. The van der Waals surface area contributed by atoms with E-state index in [4.69, 9.17) is 11.6 Å². The number of amides is 1. The van der Waals surface area contributed by atoms with E-state index in [1.807, 2.05) is 18.4 Å². The maximum Gasteiger partial charge on any atom is 0.281 e. The molecule has 0 saturated heterocycles. The number of halogens is 1. The van der Waals surface area contributed by atoms with E-state index < -0.39 is 0 Å². The van der Waals surface area contributed by atoms with Crippen molar-refractivity contribution >= 4 is 35.1 Å². The average molecular weight is 325 g/mol. The minimum Gasteiger partial charge on any atom is -0.266 e. The molecule has 0 bridgehead atoms. The monoisotopic (exact) mass is 324 g/mol. The molecule has 2 aromatic rings. The second-order valence-corrected chi connectivity index (χ2v) is 5.85. The number of nitrogens with zero attached hydrogens (tertiary/aromatic N) is 3. The predicted molar refractivity (Wildman–Crippen MR) is 86.3 cm³/mol. The number of hydrogen-bond acceptors (Lipinski definition) is 4. The number of hydrogen-bond donors (Lipinski definition) is 1. The van der Waals surface area contributed by atoms with Crippen molar-refractivity contribution in [3.05, 3.63) is 38.8 Å². The molecule has 0 aliphatic rings. The lowest BCUT2D eigenvalue weighted by Crippen LogP contribution is -2.16. The minimum atomic E-state index is -0.228. The molecule has 0 atom stereocenters. The van der Waals surface area contributed by atoms with E-state index in [2.05, 4.69) is 22.5 Å². The highest BCUT2D eigenvalue weighted by atomic mass is 35.5. The van der Waals surface area contributed by atoms with Gasteiger partial charge in [-0.05, 0) is 24.8 Å². The Morgan fingerprint density at radius 1 is 1.62 bits per heavy atom. The Morgan fingerprint density at radius 3 is 3.10 bits per heavy atom.